The van der Waals surface area contributed by atoms with E-state index in [9.17, 15) is 9.59 Å². The van der Waals surface area contributed by atoms with Crippen LogP contribution in [0.15, 0.2) is 30.3 Å². The fourth-order valence-corrected chi connectivity index (χ4v) is 5.63. The summed E-state index contributed by atoms with van der Waals surface area (Å²) in [5.41, 5.74) is 1.16. The van der Waals surface area contributed by atoms with Crippen molar-refractivity contribution in [3.05, 3.63) is 35.9 Å². The Morgan fingerprint density at radius 1 is 1.28 bits per heavy atom. The van der Waals surface area contributed by atoms with E-state index >= 15 is 0 Å². The van der Waals surface area contributed by atoms with Gasteiger partial charge >= 0.3 is 6.09 Å². The van der Waals surface area contributed by atoms with Gasteiger partial charge in [-0.15, -0.1) is 0 Å². The molecule has 0 aromatic heterocycles. The highest BCUT2D eigenvalue weighted by Crippen LogP contribution is 2.68. The molecule has 1 aromatic rings. The molecule has 0 radical (unpaired) electrons. The average Bonchev–Trinajstić information content (AvgIpc) is 3.08. The van der Waals surface area contributed by atoms with E-state index in [-0.39, 0.29) is 34.8 Å². The number of benzene rings is 1. The van der Waals surface area contributed by atoms with Crippen molar-refractivity contribution in [1.29, 1.82) is 0 Å². The van der Waals surface area contributed by atoms with Crippen molar-refractivity contribution >= 4 is 12.0 Å². The summed E-state index contributed by atoms with van der Waals surface area (Å²) >= 11 is 0. The number of carbonyl (C=O) groups is 2. The van der Waals surface area contributed by atoms with Crippen LogP contribution in [-0.4, -0.2) is 29.0 Å². The topological polar surface area (TPSA) is 46.6 Å². The van der Waals surface area contributed by atoms with Gasteiger partial charge in [-0.3, -0.25) is 4.79 Å². The quantitative estimate of drug-likeness (QED) is 0.821. The molecule has 2 saturated carbocycles. The van der Waals surface area contributed by atoms with Gasteiger partial charge in [-0.05, 0) is 35.2 Å². The smallest absolute Gasteiger partial charge is 0.417 e. The maximum atomic E-state index is 13.0. The highest BCUT2D eigenvalue weighted by atomic mass is 16.6. The molecule has 0 N–H and O–H groups in total. The Bertz CT molecular complexity index is 713. The summed E-state index contributed by atoms with van der Waals surface area (Å²) in [4.78, 5) is 27.0. The first-order valence-electron chi connectivity index (χ1n) is 9.35. The normalized spacial score (nSPS) is 36.2. The third-order valence-electron chi connectivity index (χ3n) is 7.56. The van der Waals surface area contributed by atoms with Crippen LogP contribution in [0.25, 0.3) is 0 Å². The molecule has 1 heterocycles. The van der Waals surface area contributed by atoms with Crippen LogP contribution in [0.1, 0.15) is 58.4 Å². The Hall–Kier alpha value is -1.84. The zero-order chi connectivity index (χ0) is 18.0. The van der Waals surface area contributed by atoms with Gasteiger partial charge in [0.1, 0.15) is 6.10 Å². The Morgan fingerprint density at radius 3 is 2.64 bits per heavy atom. The van der Waals surface area contributed by atoms with Crippen molar-refractivity contribution in [2.45, 2.75) is 65.0 Å². The first-order valence-corrected chi connectivity index (χ1v) is 9.35. The number of hydrogen-bond acceptors (Lipinski definition) is 3. The SMILES string of the molecule is C[C@H](CC(=O)N1C(=O)O[C@@H]2[C@H]3CC[C@@](C)([C@@H]21)C3(C)C)c1ccccc1. The van der Waals surface area contributed by atoms with Gasteiger partial charge in [-0.1, -0.05) is 58.0 Å². The molecule has 3 fully saturated rings. The highest BCUT2D eigenvalue weighted by Gasteiger charge is 2.72. The predicted molar refractivity (Wildman–Crippen MR) is 95.0 cm³/mol. The summed E-state index contributed by atoms with van der Waals surface area (Å²) in [5.74, 6) is 0.342. The monoisotopic (exact) mass is 341 g/mol. The summed E-state index contributed by atoms with van der Waals surface area (Å²) in [6.07, 6.45) is 1.91. The number of hydrogen-bond donors (Lipinski definition) is 0. The molecule has 4 heteroatoms. The molecule has 4 rings (SSSR count). The van der Waals surface area contributed by atoms with Gasteiger partial charge in [0, 0.05) is 12.3 Å². The number of fused-ring (bicyclic) bond motifs is 5. The summed E-state index contributed by atoms with van der Waals surface area (Å²) < 4.78 is 5.71. The van der Waals surface area contributed by atoms with E-state index in [2.05, 4.69) is 20.8 Å². The van der Waals surface area contributed by atoms with Gasteiger partial charge in [-0.25, -0.2) is 9.69 Å². The number of imide groups is 1. The molecule has 0 spiro atoms. The third-order valence-corrected chi connectivity index (χ3v) is 7.56. The van der Waals surface area contributed by atoms with Gasteiger partial charge in [0.05, 0.1) is 6.04 Å². The van der Waals surface area contributed by atoms with Crippen LogP contribution in [0.3, 0.4) is 0 Å². The molecule has 2 amide bonds. The average molecular weight is 341 g/mol. The molecule has 2 aliphatic carbocycles. The molecule has 25 heavy (non-hydrogen) atoms. The zero-order valence-corrected chi connectivity index (χ0v) is 15.5. The fraction of sp³-hybridized carbons (Fsp3) is 0.619. The minimum Gasteiger partial charge on any atom is -0.443 e. The van der Waals surface area contributed by atoms with E-state index in [1.807, 2.05) is 37.3 Å². The molecule has 2 bridgehead atoms. The second-order valence-electron chi connectivity index (χ2n) is 8.86. The van der Waals surface area contributed by atoms with E-state index in [0.29, 0.717) is 12.3 Å². The Balaban J connectivity index is 1.58. The number of ether oxygens (including phenoxy) is 1. The molecule has 1 aliphatic heterocycles. The second kappa shape index (κ2) is 5.33. The lowest BCUT2D eigenvalue weighted by atomic mass is 9.69. The first-order chi connectivity index (χ1) is 11.8. The largest absolute Gasteiger partial charge is 0.443 e. The van der Waals surface area contributed by atoms with E-state index < -0.39 is 6.09 Å². The maximum absolute atomic E-state index is 13.0. The Kier molecular flexibility index (Phi) is 3.54. The van der Waals surface area contributed by atoms with Crippen molar-refractivity contribution in [3.63, 3.8) is 0 Å². The van der Waals surface area contributed by atoms with Gasteiger partial charge < -0.3 is 4.74 Å². The summed E-state index contributed by atoms with van der Waals surface area (Å²) in [6, 6.07) is 9.89. The van der Waals surface area contributed by atoms with Crippen molar-refractivity contribution in [2.24, 2.45) is 16.7 Å². The van der Waals surface area contributed by atoms with E-state index in [1.54, 1.807) is 0 Å². The van der Waals surface area contributed by atoms with E-state index in [0.717, 1.165) is 18.4 Å². The molecule has 0 unspecified atom stereocenters. The highest BCUT2D eigenvalue weighted by molar-refractivity contribution is 5.94. The van der Waals surface area contributed by atoms with E-state index in [1.165, 1.54) is 4.90 Å². The summed E-state index contributed by atoms with van der Waals surface area (Å²) in [6.45, 7) is 8.82. The lowest BCUT2D eigenvalue weighted by Crippen LogP contribution is -2.50. The molecule has 4 nitrogen and oxygen atoms in total. The van der Waals surface area contributed by atoms with Gasteiger partial charge in [0.2, 0.25) is 5.91 Å². The number of nitrogens with zero attached hydrogens (tertiary/aromatic N) is 1. The van der Waals surface area contributed by atoms with Crippen molar-refractivity contribution in [3.8, 4) is 0 Å². The fourth-order valence-electron chi connectivity index (χ4n) is 5.63. The van der Waals surface area contributed by atoms with Crippen LogP contribution in [0.4, 0.5) is 4.79 Å². The minimum absolute atomic E-state index is 0.0554. The maximum Gasteiger partial charge on any atom is 0.417 e. The van der Waals surface area contributed by atoms with Crippen LogP contribution < -0.4 is 0 Å². The van der Waals surface area contributed by atoms with Crippen LogP contribution in [-0.2, 0) is 9.53 Å². The third kappa shape index (κ3) is 2.12. The number of amides is 2. The van der Waals surface area contributed by atoms with Crippen LogP contribution in [0.5, 0.6) is 0 Å². The molecule has 1 saturated heterocycles. The van der Waals surface area contributed by atoms with Crippen molar-refractivity contribution in [1.82, 2.24) is 4.90 Å². The summed E-state index contributed by atoms with van der Waals surface area (Å²) in [7, 11) is 0. The summed E-state index contributed by atoms with van der Waals surface area (Å²) in [5, 5.41) is 0. The number of rotatable bonds is 3. The molecule has 5 atom stereocenters. The van der Waals surface area contributed by atoms with E-state index in [4.69, 9.17) is 4.74 Å². The lowest BCUT2D eigenvalue weighted by Gasteiger charge is -2.40. The molecule has 3 aliphatic rings. The van der Waals surface area contributed by atoms with Crippen molar-refractivity contribution in [2.75, 3.05) is 0 Å². The van der Waals surface area contributed by atoms with Crippen molar-refractivity contribution < 1.29 is 14.3 Å². The van der Waals surface area contributed by atoms with Crippen LogP contribution in [0, 0.1) is 16.7 Å². The van der Waals surface area contributed by atoms with Crippen LogP contribution >= 0.6 is 0 Å². The Morgan fingerprint density at radius 2 is 1.96 bits per heavy atom. The number of carbonyl (C=O) groups excluding carboxylic acids is 2. The standard InChI is InChI=1S/C21H27NO3/c1-13(14-8-6-5-7-9-14)12-16(23)22-18-17(25-19(22)24)15-10-11-21(18,4)20(15,2)3/h5-9,13,15,17-18H,10-12H2,1-4H3/t13-,15-,17-,18-,21+/m1/s1. The van der Waals surface area contributed by atoms with Gasteiger partial charge in [0.15, 0.2) is 0 Å². The lowest BCUT2D eigenvalue weighted by molar-refractivity contribution is -0.132. The predicted octanol–water partition coefficient (Wildman–Crippen LogP) is 4.35. The van der Waals surface area contributed by atoms with Crippen LogP contribution in [0.2, 0.25) is 0 Å². The molecular weight excluding hydrogens is 314 g/mol. The first kappa shape index (κ1) is 16.6. The molecular formula is C21H27NO3. The Labute approximate surface area is 149 Å². The molecule has 1 aromatic carbocycles. The minimum atomic E-state index is -0.436. The van der Waals surface area contributed by atoms with Gasteiger partial charge in [-0.2, -0.15) is 0 Å². The molecule has 134 valence electrons. The second-order valence-corrected chi connectivity index (χ2v) is 8.86. The zero-order valence-electron chi connectivity index (χ0n) is 15.5. The van der Waals surface area contributed by atoms with Gasteiger partial charge in [0.25, 0.3) is 0 Å².